The van der Waals surface area contributed by atoms with Crippen molar-refractivity contribution in [3.05, 3.63) is 53.6 Å². The van der Waals surface area contributed by atoms with Crippen molar-refractivity contribution < 1.29 is 22.7 Å². The summed E-state index contributed by atoms with van der Waals surface area (Å²) in [6, 6.07) is 11.7. The molecule has 2 heterocycles. The van der Waals surface area contributed by atoms with Crippen LogP contribution in [0.4, 0.5) is 0 Å². The molecule has 2 aliphatic rings. The van der Waals surface area contributed by atoms with Gasteiger partial charge in [0.15, 0.2) is 11.5 Å². The number of sulfonamides is 1. The minimum atomic E-state index is -3.58. The van der Waals surface area contributed by atoms with Crippen LogP contribution in [0.15, 0.2) is 47.4 Å². The monoisotopic (exact) mass is 458 g/mol. The van der Waals surface area contributed by atoms with Crippen molar-refractivity contribution in [2.45, 2.75) is 44.0 Å². The smallest absolute Gasteiger partial charge is 0.251 e. The summed E-state index contributed by atoms with van der Waals surface area (Å²) >= 11 is 0. The molecule has 2 aromatic rings. The Labute approximate surface area is 189 Å². The van der Waals surface area contributed by atoms with Crippen molar-refractivity contribution in [1.29, 1.82) is 0 Å². The van der Waals surface area contributed by atoms with Gasteiger partial charge in [-0.05, 0) is 54.7 Å². The zero-order valence-electron chi connectivity index (χ0n) is 18.5. The second-order valence-corrected chi connectivity index (χ2v) is 10.5. The number of nitrogens with zero attached hydrogens (tertiary/aromatic N) is 1. The molecule has 0 saturated carbocycles. The number of benzene rings is 2. The van der Waals surface area contributed by atoms with Gasteiger partial charge in [-0.1, -0.05) is 26.0 Å². The van der Waals surface area contributed by atoms with Gasteiger partial charge in [-0.25, -0.2) is 8.42 Å². The quantitative estimate of drug-likeness (QED) is 0.713. The molecule has 2 aromatic carbocycles. The van der Waals surface area contributed by atoms with E-state index in [0.29, 0.717) is 43.4 Å². The maximum atomic E-state index is 13.1. The molecule has 2 aliphatic heterocycles. The molecular formula is C24H30N2O5S. The lowest BCUT2D eigenvalue weighted by molar-refractivity contribution is 0.0925. The van der Waals surface area contributed by atoms with Crippen LogP contribution in [0.25, 0.3) is 0 Å². The Morgan fingerprint density at radius 1 is 0.969 bits per heavy atom. The summed E-state index contributed by atoms with van der Waals surface area (Å²) in [5.41, 5.74) is 1.24. The second-order valence-electron chi connectivity index (χ2n) is 8.59. The fraction of sp³-hybridized carbons (Fsp3) is 0.458. The molecule has 4 rings (SSSR count). The molecule has 32 heavy (non-hydrogen) atoms. The first-order valence-corrected chi connectivity index (χ1v) is 12.6. The molecule has 1 amide bonds. The van der Waals surface area contributed by atoms with E-state index in [2.05, 4.69) is 5.32 Å². The standard InChI is InChI=1S/C24H30N2O5S/c1-17(2)23(18-9-10-21-22(16-18)31-14-6-13-30-21)25-24(27)19-7-5-8-20(15-19)32(28,29)26-11-3-4-12-26/h5,7-10,15-17,23H,3-4,6,11-14H2,1-2H3,(H,25,27)/t23-/m1/s1. The lowest BCUT2D eigenvalue weighted by atomic mass is 9.95. The van der Waals surface area contributed by atoms with Gasteiger partial charge in [0, 0.05) is 25.1 Å². The molecule has 0 unspecified atom stereocenters. The van der Waals surface area contributed by atoms with Crippen molar-refractivity contribution >= 4 is 15.9 Å². The van der Waals surface area contributed by atoms with Crippen molar-refractivity contribution in [3.63, 3.8) is 0 Å². The number of nitrogens with one attached hydrogen (secondary N) is 1. The van der Waals surface area contributed by atoms with Crippen LogP contribution in [-0.4, -0.2) is 44.9 Å². The number of carbonyl (C=O) groups excluding carboxylic acids is 1. The molecule has 8 heteroatoms. The molecule has 1 saturated heterocycles. The molecule has 1 fully saturated rings. The van der Waals surface area contributed by atoms with Crippen LogP contribution in [-0.2, 0) is 10.0 Å². The van der Waals surface area contributed by atoms with E-state index in [1.165, 1.54) is 10.4 Å². The molecule has 172 valence electrons. The van der Waals surface area contributed by atoms with E-state index in [1.54, 1.807) is 18.2 Å². The summed E-state index contributed by atoms with van der Waals surface area (Å²) in [7, 11) is -3.58. The normalized spacial score (nSPS) is 17.7. The van der Waals surface area contributed by atoms with Crippen LogP contribution in [0.3, 0.4) is 0 Å². The van der Waals surface area contributed by atoms with Gasteiger partial charge in [-0.3, -0.25) is 4.79 Å². The average Bonchev–Trinajstić information content (AvgIpc) is 3.24. The highest BCUT2D eigenvalue weighted by Crippen LogP contribution is 2.34. The fourth-order valence-corrected chi connectivity index (χ4v) is 5.67. The highest BCUT2D eigenvalue weighted by molar-refractivity contribution is 7.89. The topological polar surface area (TPSA) is 84.9 Å². The highest BCUT2D eigenvalue weighted by Gasteiger charge is 2.28. The largest absolute Gasteiger partial charge is 0.490 e. The Balaban J connectivity index is 1.56. The van der Waals surface area contributed by atoms with E-state index < -0.39 is 10.0 Å². The van der Waals surface area contributed by atoms with Gasteiger partial charge < -0.3 is 14.8 Å². The van der Waals surface area contributed by atoms with Crippen molar-refractivity contribution in [2.75, 3.05) is 26.3 Å². The van der Waals surface area contributed by atoms with E-state index in [0.717, 1.165) is 24.8 Å². The Bertz CT molecular complexity index is 1080. The summed E-state index contributed by atoms with van der Waals surface area (Å²) in [4.78, 5) is 13.3. The zero-order valence-corrected chi connectivity index (χ0v) is 19.4. The van der Waals surface area contributed by atoms with Gasteiger partial charge in [-0.15, -0.1) is 0 Å². The SMILES string of the molecule is CC(C)[C@@H](NC(=O)c1cccc(S(=O)(=O)N2CCCC2)c1)c1ccc2c(c1)OCCCO2. The lowest BCUT2D eigenvalue weighted by Crippen LogP contribution is -2.32. The van der Waals surface area contributed by atoms with Crippen LogP contribution in [0.2, 0.25) is 0 Å². The van der Waals surface area contributed by atoms with Gasteiger partial charge >= 0.3 is 0 Å². The van der Waals surface area contributed by atoms with Gasteiger partial charge in [0.1, 0.15) is 0 Å². The van der Waals surface area contributed by atoms with Crippen LogP contribution in [0.1, 0.15) is 55.1 Å². The minimum absolute atomic E-state index is 0.111. The van der Waals surface area contributed by atoms with Gasteiger partial charge in [-0.2, -0.15) is 4.31 Å². The molecular weight excluding hydrogens is 428 g/mol. The third-order valence-electron chi connectivity index (χ3n) is 5.88. The molecule has 7 nitrogen and oxygen atoms in total. The summed E-state index contributed by atoms with van der Waals surface area (Å²) in [5.74, 6) is 1.19. The van der Waals surface area contributed by atoms with E-state index in [-0.39, 0.29) is 22.8 Å². The lowest BCUT2D eigenvalue weighted by Gasteiger charge is -2.24. The van der Waals surface area contributed by atoms with E-state index >= 15 is 0 Å². The highest BCUT2D eigenvalue weighted by atomic mass is 32.2. The molecule has 1 N–H and O–H groups in total. The van der Waals surface area contributed by atoms with Crippen LogP contribution in [0, 0.1) is 5.92 Å². The number of rotatable bonds is 6. The van der Waals surface area contributed by atoms with Gasteiger partial charge in [0.25, 0.3) is 5.91 Å². The molecule has 0 aliphatic carbocycles. The third kappa shape index (κ3) is 4.76. The summed E-state index contributed by atoms with van der Waals surface area (Å²) in [5, 5.41) is 3.08. The van der Waals surface area contributed by atoms with Crippen LogP contribution >= 0.6 is 0 Å². The zero-order chi connectivity index (χ0) is 22.7. The molecule has 0 spiro atoms. The third-order valence-corrected chi connectivity index (χ3v) is 7.78. The van der Waals surface area contributed by atoms with Gasteiger partial charge in [0.2, 0.25) is 10.0 Å². The average molecular weight is 459 g/mol. The summed E-state index contributed by atoms with van der Waals surface area (Å²) < 4.78 is 38.8. The first-order chi connectivity index (χ1) is 15.4. The number of amides is 1. The maximum absolute atomic E-state index is 13.1. The predicted molar refractivity (Wildman–Crippen MR) is 122 cm³/mol. The molecule has 0 aromatic heterocycles. The number of fused-ring (bicyclic) bond motifs is 1. The Morgan fingerprint density at radius 3 is 2.41 bits per heavy atom. The predicted octanol–water partition coefficient (Wildman–Crippen LogP) is 3.76. The first kappa shape index (κ1) is 22.6. The van der Waals surface area contributed by atoms with E-state index in [1.807, 2.05) is 32.0 Å². The van der Waals surface area contributed by atoms with Crippen molar-refractivity contribution in [3.8, 4) is 11.5 Å². The number of hydrogen-bond acceptors (Lipinski definition) is 5. The first-order valence-electron chi connectivity index (χ1n) is 11.2. The van der Waals surface area contributed by atoms with Gasteiger partial charge in [0.05, 0.1) is 24.2 Å². The maximum Gasteiger partial charge on any atom is 0.251 e. The number of hydrogen-bond donors (Lipinski definition) is 1. The fourth-order valence-electron chi connectivity index (χ4n) is 4.11. The van der Waals surface area contributed by atoms with Crippen LogP contribution < -0.4 is 14.8 Å². The number of ether oxygens (including phenoxy) is 2. The van der Waals surface area contributed by atoms with Crippen LogP contribution in [0.5, 0.6) is 11.5 Å². The Kier molecular flexibility index (Phi) is 6.71. The van der Waals surface area contributed by atoms with Crippen molar-refractivity contribution in [2.24, 2.45) is 5.92 Å². The Hall–Kier alpha value is -2.58. The molecule has 0 radical (unpaired) electrons. The van der Waals surface area contributed by atoms with E-state index in [9.17, 15) is 13.2 Å². The van der Waals surface area contributed by atoms with E-state index in [4.69, 9.17) is 9.47 Å². The summed E-state index contributed by atoms with van der Waals surface area (Å²) in [6.45, 7) is 6.32. The molecule has 1 atom stereocenters. The van der Waals surface area contributed by atoms with Crippen molar-refractivity contribution in [1.82, 2.24) is 9.62 Å². The second kappa shape index (κ2) is 9.50. The molecule has 0 bridgehead atoms. The number of carbonyl (C=O) groups is 1. The Morgan fingerprint density at radius 2 is 1.69 bits per heavy atom. The summed E-state index contributed by atoms with van der Waals surface area (Å²) in [6.07, 6.45) is 2.56. The minimum Gasteiger partial charge on any atom is -0.490 e.